The van der Waals surface area contributed by atoms with Crippen LogP contribution in [0.4, 0.5) is 5.69 Å². The van der Waals surface area contributed by atoms with E-state index < -0.39 is 0 Å². The maximum atomic E-state index is 10.6. The largest absolute Gasteiger partial charge is 0.504 e. The van der Waals surface area contributed by atoms with Crippen molar-refractivity contribution in [1.29, 1.82) is 0 Å². The molecule has 0 spiro atoms. The number of allylic oxidation sites excluding steroid dienone is 1. The predicted octanol–water partition coefficient (Wildman–Crippen LogP) is 6.55. The standard InChI is InChI=1S/C31H38N2O2/c1-22(2)30(24-9-7-6-8-10-24)31(26-13-16-29(35-5)28(34)21-26)25-11-14-27(15-12-25)33-19-17-32(18-20-33)23(3)4/h6-16,21-23,34H,17-20H2,1-5H3/b31-30+. The van der Waals surface area contributed by atoms with Gasteiger partial charge in [-0.2, -0.15) is 0 Å². The van der Waals surface area contributed by atoms with Crippen LogP contribution in [-0.4, -0.2) is 49.3 Å². The smallest absolute Gasteiger partial charge is 0.160 e. The maximum Gasteiger partial charge on any atom is 0.160 e. The average Bonchev–Trinajstić information content (AvgIpc) is 2.87. The highest BCUT2D eigenvalue weighted by Gasteiger charge is 2.21. The Labute approximate surface area is 210 Å². The number of benzene rings is 3. The van der Waals surface area contributed by atoms with Crippen LogP contribution in [0.25, 0.3) is 11.1 Å². The summed E-state index contributed by atoms with van der Waals surface area (Å²) in [5, 5.41) is 10.6. The van der Waals surface area contributed by atoms with Gasteiger partial charge in [0.2, 0.25) is 0 Å². The van der Waals surface area contributed by atoms with Gasteiger partial charge >= 0.3 is 0 Å². The third-order valence-electron chi connectivity index (χ3n) is 6.96. The number of nitrogens with zero attached hydrogens (tertiary/aromatic N) is 2. The molecule has 1 aliphatic rings. The number of ether oxygens (including phenoxy) is 1. The molecule has 0 aromatic heterocycles. The quantitative estimate of drug-likeness (QED) is 0.397. The van der Waals surface area contributed by atoms with Gasteiger partial charge in [-0.1, -0.05) is 62.4 Å². The second-order valence-electron chi connectivity index (χ2n) is 9.86. The van der Waals surface area contributed by atoms with Crippen LogP contribution < -0.4 is 9.64 Å². The van der Waals surface area contributed by atoms with Crippen molar-refractivity contribution in [1.82, 2.24) is 4.90 Å². The van der Waals surface area contributed by atoms with Crippen molar-refractivity contribution in [2.24, 2.45) is 5.92 Å². The van der Waals surface area contributed by atoms with Crippen molar-refractivity contribution < 1.29 is 9.84 Å². The van der Waals surface area contributed by atoms with Crippen molar-refractivity contribution in [3.05, 3.63) is 89.5 Å². The van der Waals surface area contributed by atoms with Crippen LogP contribution in [0.5, 0.6) is 11.5 Å². The maximum absolute atomic E-state index is 10.6. The Morgan fingerprint density at radius 3 is 1.94 bits per heavy atom. The summed E-state index contributed by atoms with van der Waals surface area (Å²) in [5.41, 5.74) is 6.98. The lowest BCUT2D eigenvalue weighted by Gasteiger charge is -2.38. The van der Waals surface area contributed by atoms with Gasteiger partial charge in [0, 0.05) is 37.9 Å². The molecule has 0 saturated carbocycles. The minimum Gasteiger partial charge on any atom is -0.504 e. The lowest BCUT2D eigenvalue weighted by atomic mass is 9.84. The van der Waals surface area contributed by atoms with E-state index >= 15 is 0 Å². The van der Waals surface area contributed by atoms with Crippen molar-refractivity contribution in [2.75, 3.05) is 38.2 Å². The van der Waals surface area contributed by atoms with E-state index in [1.54, 1.807) is 7.11 Å². The molecule has 1 fully saturated rings. The number of phenolic OH excluding ortho intramolecular Hbond substituents is 1. The molecular formula is C31H38N2O2. The zero-order valence-electron chi connectivity index (χ0n) is 21.7. The molecule has 4 nitrogen and oxygen atoms in total. The molecule has 35 heavy (non-hydrogen) atoms. The second-order valence-corrected chi connectivity index (χ2v) is 9.86. The SMILES string of the molecule is COc1ccc(/C(=C(/c2ccccc2)C(C)C)c2ccc(N3CCN(C(C)C)CC3)cc2)cc1O. The average molecular weight is 471 g/mol. The number of phenols is 1. The van der Waals surface area contributed by atoms with Gasteiger partial charge < -0.3 is 14.7 Å². The Balaban J connectivity index is 1.77. The summed E-state index contributed by atoms with van der Waals surface area (Å²) in [7, 11) is 1.58. The van der Waals surface area contributed by atoms with Crippen LogP contribution in [0.15, 0.2) is 72.8 Å². The van der Waals surface area contributed by atoms with Crippen LogP contribution in [0.1, 0.15) is 44.4 Å². The summed E-state index contributed by atoms with van der Waals surface area (Å²) in [6.07, 6.45) is 0. The van der Waals surface area contributed by atoms with Crippen molar-refractivity contribution >= 4 is 16.8 Å². The Hall–Kier alpha value is -3.24. The number of anilines is 1. The summed E-state index contributed by atoms with van der Waals surface area (Å²) < 4.78 is 5.31. The second kappa shape index (κ2) is 11.0. The summed E-state index contributed by atoms with van der Waals surface area (Å²) in [5.74, 6) is 0.925. The van der Waals surface area contributed by atoms with E-state index in [0.29, 0.717) is 17.7 Å². The molecule has 4 heteroatoms. The molecule has 1 aliphatic heterocycles. The monoisotopic (exact) mass is 470 g/mol. The Kier molecular flexibility index (Phi) is 7.82. The molecule has 0 radical (unpaired) electrons. The predicted molar refractivity (Wildman–Crippen MR) is 147 cm³/mol. The Bertz CT molecular complexity index is 1140. The topological polar surface area (TPSA) is 35.9 Å². The molecule has 0 amide bonds. The number of aromatic hydroxyl groups is 1. The first kappa shape index (κ1) is 24.9. The van der Waals surface area contributed by atoms with Crippen LogP contribution in [0.3, 0.4) is 0 Å². The van der Waals surface area contributed by atoms with Gasteiger partial charge in [-0.25, -0.2) is 0 Å². The number of methoxy groups -OCH3 is 1. The molecule has 1 N–H and O–H groups in total. The van der Waals surface area contributed by atoms with Gasteiger partial charge in [0.15, 0.2) is 11.5 Å². The van der Waals surface area contributed by atoms with E-state index in [1.807, 2.05) is 24.3 Å². The number of hydrogen-bond donors (Lipinski definition) is 1. The highest BCUT2D eigenvalue weighted by Crippen LogP contribution is 2.40. The number of hydrogen-bond acceptors (Lipinski definition) is 4. The first-order valence-corrected chi connectivity index (χ1v) is 12.7. The molecule has 0 aliphatic carbocycles. The Morgan fingerprint density at radius 2 is 1.40 bits per heavy atom. The zero-order chi connectivity index (χ0) is 24.9. The fraction of sp³-hybridized carbons (Fsp3) is 0.355. The van der Waals surface area contributed by atoms with Gasteiger partial charge in [0.05, 0.1) is 7.11 Å². The van der Waals surface area contributed by atoms with Gasteiger partial charge in [-0.3, -0.25) is 4.90 Å². The zero-order valence-corrected chi connectivity index (χ0v) is 21.7. The molecule has 1 heterocycles. The molecule has 0 bridgehead atoms. The highest BCUT2D eigenvalue weighted by atomic mass is 16.5. The van der Waals surface area contributed by atoms with Crippen LogP contribution >= 0.6 is 0 Å². The van der Waals surface area contributed by atoms with Gasteiger partial charge in [0.25, 0.3) is 0 Å². The van der Waals surface area contributed by atoms with Crippen molar-refractivity contribution in [3.63, 3.8) is 0 Å². The Morgan fingerprint density at radius 1 is 0.771 bits per heavy atom. The van der Waals surface area contributed by atoms with E-state index in [-0.39, 0.29) is 5.75 Å². The minimum atomic E-state index is 0.151. The molecule has 3 aromatic carbocycles. The summed E-state index contributed by atoms with van der Waals surface area (Å²) in [6, 6.07) is 25.8. The lowest BCUT2D eigenvalue weighted by molar-refractivity contribution is 0.209. The summed E-state index contributed by atoms with van der Waals surface area (Å²) in [4.78, 5) is 5.02. The summed E-state index contributed by atoms with van der Waals surface area (Å²) in [6.45, 7) is 13.3. The molecule has 3 aromatic rings. The molecule has 1 saturated heterocycles. The molecule has 0 atom stereocenters. The van der Waals surface area contributed by atoms with Gasteiger partial charge in [-0.15, -0.1) is 0 Å². The first-order chi connectivity index (χ1) is 16.9. The van der Waals surface area contributed by atoms with Crippen LogP contribution in [0.2, 0.25) is 0 Å². The minimum absolute atomic E-state index is 0.151. The lowest BCUT2D eigenvalue weighted by Crippen LogP contribution is -2.48. The highest BCUT2D eigenvalue weighted by molar-refractivity contribution is 5.99. The van der Waals surface area contributed by atoms with E-state index in [0.717, 1.165) is 42.9 Å². The molecular weight excluding hydrogens is 432 g/mol. The van der Waals surface area contributed by atoms with E-state index in [2.05, 4.69) is 86.0 Å². The third kappa shape index (κ3) is 5.54. The number of rotatable bonds is 7. The van der Waals surface area contributed by atoms with E-state index in [1.165, 1.54) is 16.8 Å². The first-order valence-electron chi connectivity index (χ1n) is 12.7. The number of piperazine rings is 1. The van der Waals surface area contributed by atoms with Gasteiger partial charge in [-0.05, 0) is 71.9 Å². The van der Waals surface area contributed by atoms with Crippen molar-refractivity contribution in [3.8, 4) is 11.5 Å². The van der Waals surface area contributed by atoms with Crippen molar-refractivity contribution in [2.45, 2.75) is 33.7 Å². The fourth-order valence-corrected chi connectivity index (χ4v) is 5.04. The van der Waals surface area contributed by atoms with E-state index in [4.69, 9.17) is 4.74 Å². The molecule has 0 unspecified atom stereocenters. The summed E-state index contributed by atoms with van der Waals surface area (Å²) >= 11 is 0. The van der Waals surface area contributed by atoms with Crippen LogP contribution in [0, 0.1) is 5.92 Å². The van der Waals surface area contributed by atoms with E-state index in [9.17, 15) is 5.11 Å². The van der Waals surface area contributed by atoms with Gasteiger partial charge in [0.1, 0.15) is 0 Å². The molecule has 4 rings (SSSR count). The third-order valence-corrected chi connectivity index (χ3v) is 6.96. The molecule has 184 valence electrons. The normalized spacial score (nSPS) is 15.5. The van der Waals surface area contributed by atoms with Crippen LogP contribution in [-0.2, 0) is 0 Å². The fourth-order valence-electron chi connectivity index (χ4n) is 5.04.